The first kappa shape index (κ1) is 15.0. The van der Waals surface area contributed by atoms with Crippen molar-refractivity contribution in [2.75, 3.05) is 13.1 Å². The van der Waals surface area contributed by atoms with Gasteiger partial charge in [-0.2, -0.15) is 0 Å². The van der Waals surface area contributed by atoms with Crippen LogP contribution in [-0.4, -0.2) is 29.8 Å². The summed E-state index contributed by atoms with van der Waals surface area (Å²) in [6.45, 7) is 6.12. The molecule has 2 rings (SSSR count). The maximum Gasteiger partial charge on any atom is 0.176 e. The smallest absolute Gasteiger partial charge is 0.176 e. The van der Waals surface area contributed by atoms with Crippen LogP contribution < -0.4 is 0 Å². The Morgan fingerprint density at radius 2 is 1.95 bits per heavy atom. The molecule has 3 heteroatoms. The van der Waals surface area contributed by atoms with Crippen LogP contribution in [0.15, 0.2) is 24.3 Å². The predicted molar refractivity (Wildman–Crippen MR) is 87.5 cm³/mol. The van der Waals surface area contributed by atoms with Gasteiger partial charge in [0.2, 0.25) is 0 Å². The molecule has 0 spiro atoms. The van der Waals surface area contributed by atoms with Gasteiger partial charge in [0.15, 0.2) is 5.78 Å². The van der Waals surface area contributed by atoms with E-state index in [1.165, 1.54) is 22.8 Å². The second-order valence-corrected chi connectivity index (χ2v) is 7.06. The Labute approximate surface area is 129 Å². The van der Waals surface area contributed by atoms with E-state index in [0.717, 1.165) is 12.1 Å². The molecule has 1 aromatic carbocycles. The van der Waals surface area contributed by atoms with Gasteiger partial charge in [-0.25, -0.2) is 0 Å². The van der Waals surface area contributed by atoms with Crippen molar-refractivity contribution in [3.05, 3.63) is 33.4 Å². The second-order valence-electron chi connectivity index (χ2n) is 5.81. The van der Waals surface area contributed by atoms with Crippen molar-refractivity contribution in [2.45, 2.75) is 39.2 Å². The Bertz CT molecular complexity index is 423. The van der Waals surface area contributed by atoms with E-state index >= 15 is 0 Å². The third kappa shape index (κ3) is 4.88. The molecular formula is C16H22INO. The first-order chi connectivity index (χ1) is 9.06. The molecule has 0 atom stereocenters. The highest BCUT2D eigenvalue weighted by Gasteiger charge is 2.30. The number of hydrogen-bond donors (Lipinski definition) is 0. The number of nitrogens with zero attached hydrogens (tertiary/aromatic N) is 1. The number of ketones is 1. The summed E-state index contributed by atoms with van der Waals surface area (Å²) in [7, 11) is 0. The minimum absolute atomic E-state index is 0.257. The van der Waals surface area contributed by atoms with E-state index in [9.17, 15) is 4.79 Å². The zero-order valence-corrected chi connectivity index (χ0v) is 13.9. The van der Waals surface area contributed by atoms with E-state index in [-0.39, 0.29) is 5.78 Å². The largest absolute Gasteiger partial charge is 0.293 e. The zero-order valence-electron chi connectivity index (χ0n) is 11.7. The molecule has 1 aliphatic rings. The fourth-order valence-corrected chi connectivity index (χ4v) is 2.53. The fourth-order valence-electron chi connectivity index (χ4n) is 2.17. The summed E-state index contributed by atoms with van der Waals surface area (Å²) in [4.78, 5) is 14.7. The van der Waals surface area contributed by atoms with Crippen molar-refractivity contribution in [3.8, 4) is 0 Å². The molecule has 1 fully saturated rings. The number of rotatable bonds is 7. The van der Waals surface area contributed by atoms with Crippen LogP contribution in [0.5, 0.6) is 0 Å². The molecule has 0 radical (unpaired) electrons. The van der Waals surface area contributed by atoms with Crippen molar-refractivity contribution in [2.24, 2.45) is 5.92 Å². The van der Waals surface area contributed by atoms with E-state index in [4.69, 9.17) is 0 Å². The first-order valence-corrected chi connectivity index (χ1v) is 8.17. The summed E-state index contributed by atoms with van der Waals surface area (Å²) in [5, 5.41) is 0. The Balaban J connectivity index is 1.92. The SMILES string of the molecule is CC(C)CCN(CC(=O)c1ccc(I)cc1)C1CC1. The third-order valence-electron chi connectivity index (χ3n) is 3.57. The Kier molecular flexibility index (Phi) is 5.39. The maximum absolute atomic E-state index is 12.3. The lowest BCUT2D eigenvalue weighted by Crippen LogP contribution is -2.33. The summed E-state index contributed by atoms with van der Waals surface area (Å²) < 4.78 is 1.17. The van der Waals surface area contributed by atoms with Gasteiger partial charge in [-0.15, -0.1) is 0 Å². The van der Waals surface area contributed by atoms with E-state index in [1.807, 2.05) is 24.3 Å². The summed E-state index contributed by atoms with van der Waals surface area (Å²) in [5.41, 5.74) is 0.843. The molecule has 0 aliphatic heterocycles. The summed E-state index contributed by atoms with van der Waals surface area (Å²) in [5.74, 6) is 0.960. The average molecular weight is 371 g/mol. The molecule has 0 unspecified atom stereocenters. The normalized spacial score (nSPS) is 15.2. The van der Waals surface area contributed by atoms with E-state index in [1.54, 1.807) is 0 Å². The van der Waals surface area contributed by atoms with Crippen molar-refractivity contribution < 1.29 is 4.79 Å². The molecule has 0 bridgehead atoms. The molecular weight excluding hydrogens is 349 g/mol. The molecule has 0 amide bonds. The fraction of sp³-hybridized carbons (Fsp3) is 0.562. The first-order valence-electron chi connectivity index (χ1n) is 7.09. The number of hydrogen-bond acceptors (Lipinski definition) is 2. The third-order valence-corrected chi connectivity index (χ3v) is 4.29. The van der Waals surface area contributed by atoms with E-state index < -0.39 is 0 Å². The van der Waals surface area contributed by atoms with Crippen LogP contribution in [0.1, 0.15) is 43.5 Å². The summed E-state index contributed by atoms with van der Waals surface area (Å²) >= 11 is 2.26. The van der Waals surface area contributed by atoms with Crippen molar-refractivity contribution in [3.63, 3.8) is 0 Å². The Hall–Kier alpha value is -0.420. The van der Waals surface area contributed by atoms with Gasteiger partial charge in [-0.05, 0) is 66.4 Å². The van der Waals surface area contributed by atoms with Crippen LogP contribution in [0.2, 0.25) is 0 Å². The quantitative estimate of drug-likeness (QED) is 0.534. The second kappa shape index (κ2) is 6.84. The van der Waals surface area contributed by atoms with Crippen LogP contribution in [0, 0.1) is 9.49 Å². The van der Waals surface area contributed by atoms with E-state index in [2.05, 4.69) is 41.3 Å². The maximum atomic E-state index is 12.3. The van der Waals surface area contributed by atoms with Crippen LogP contribution in [0.3, 0.4) is 0 Å². The van der Waals surface area contributed by atoms with Crippen molar-refractivity contribution >= 4 is 28.4 Å². The number of carbonyl (C=O) groups is 1. The average Bonchev–Trinajstić information content (AvgIpc) is 3.19. The lowest BCUT2D eigenvalue weighted by atomic mass is 10.1. The minimum Gasteiger partial charge on any atom is -0.293 e. The monoisotopic (exact) mass is 371 g/mol. The van der Waals surface area contributed by atoms with Crippen molar-refractivity contribution in [1.82, 2.24) is 4.90 Å². The lowest BCUT2D eigenvalue weighted by Gasteiger charge is -2.22. The van der Waals surface area contributed by atoms with Crippen LogP contribution in [-0.2, 0) is 0 Å². The van der Waals surface area contributed by atoms with Gasteiger partial charge in [0.05, 0.1) is 6.54 Å². The van der Waals surface area contributed by atoms with Gasteiger partial charge in [0.1, 0.15) is 0 Å². The van der Waals surface area contributed by atoms with Gasteiger partial charge in [0.25, 0.3) is 0 Å². The van der Waals surface area contributed by atoms with Crippen LogP contribution in [0.4, 0.5) is 0 Å². The molecule has 1 aliphatic carbocycles. The molecule has 19 heavy (non-hydrogen) atoms. The molecule has 1 saturated carbocycles. The molecule has 0 heterocycles. The highest BCUT2D eigenvalue weighted by atomic mass is 127. The highest BCUT2D eigenvalue weighted by molar-refractivity contribution is 14.1. The molecule has 2 nitrogen and oxygen atoms in total. The van der Waals surface area contributed by atoms with Gasteiger partial charge in [-0.3, -0.25) is 9.69 Å². The number of halogens is 1. The van der Waals surface area contributed by atoms with Gasteiger partial charge in [0, 0.05) is 15.2 Å². The molecule has 104 valence electrons. The standard InChI is InChI=1S/C16H22INO/c1-12(2)9-10-18(15-7-8-15)11-16(19)13-3-5-14(17)6-4-13/h3-6,12,15H,7-11H2,1-2H3. The topological polar surface area (TPSA) is 20.3 Å². The van der Waals surface area contributed by atoms with Crippen LogP contribution >= 0.6 is 22.6 Å². The number of carbonyl (C=O) groups excluding carboxylic acids is 1. The number of benzene rings is 1. The van der Waals surface area contributed by atoms with Gasteiger partial charge >= 0.3 is 0 Å². The summed E-state index contributed by atoms with van der Waals surface area (Å²) in [6.07, 6.45) is 3.70. The van der Waals surface area contributed by atoms with Gasteiger partial charge in [-0.1, -0.05) is 26.0 Å². The number of Topliss-reactive ketones (excluding diaryl/α,β-unsaturated/α-hetero) is 1. The van der Waals surface area contributed by atoms with Crippen molar-refractivity contribution in [1.29, 1.82) is 0 Å². The predicted octanol–water partition coefficient (Wildman–Crippen LogP) is 3.98. The lowest BCUT2D eigenvalue weighted by molar-refractivity contribution is 0.0920. The highest BCUT2D eigenvalue weighted by Crippen LogP contribution is 2.27. The Morgan fingerprint density at radius 1 is 1.32 bits per heavy atom. The van der Waals surface area contributed by atoms with E-state index in [0.29, 0.717) is 18.5 Å². The zero-order chi connectivity index (χ0) is 13.8. The molecule has 0 saturated heterocycles. The van der Waals surface area contributed by atoms with Crippen LogP contribution in [0.25, 0.3) is 0 Å². The van der Waals surface area contributed by atoms with Gasteiger partial charge < -0.3 is 0 Å². The molecule has 1 aromatic rings. The Morgan fingerprint density at radius 3 is 2.47 bits per heavy atom. The molecule has 0 N–H and O–H groups in total. The summed E-state index contributed by atoms with van der Waals surface area (Å²) in [6, 6.07) is 8.55. The molecule has 0 aromatic heterocycles. The minimum atomic E-state index is 0.257.